The molecule has 1 saturated heterocycles. The van der Waals surface area contributed by atoms with Gasteiger partial charge in [0.25, 0.3) is 6.02 Å². The van der Waals surface area contributed by atoms with Gasteiger partial charge >= 0.3 is 5.97 Å². The minimum Gasteiger partial charge on any atom is -0.467 e. The van der Waals surface area contributed by atoms with E-state index in [0.717, 1.165) is 12.8 Å². The number of nitrogens with one attached hydrogen (secondary N) is 1. The first-order chi connectivity index (χ1) is 7.35. The molecule has 1 aliphatic rings. The zero-order chi connectivity index (χ0) is 12.3. The van der Waals surface area contributed by atoms with Crippen molar-refractivity contribution < 1.29 is 14.3 Å². The van der Waals surface area contributed by atoms with Gasteiger partial charge in [0.05, 0.1) is 7.11 Å². The second-order valence-corrected chi connectivity index (χ2v) is 4.89. The highest BCUT2D eigenvalue weighted by atomic mass is 16.5. The van der Waals surface area contributed by atoms with Gasteiger partial charge in [-0.3, -0.25) is 5.41 Å². The number of hydrogen-bond donors (Lipinski definition) is 1. The molecule has 0 radical (unpaired) electrons. The number of carbonyl (C=O) groups is 1. The fourth-order valence-electron chi connectivity index (χ4n) is 1.74. The molecule has 0 unspecified atom stereocenters. The average molecular weight is 228 g/mol. The second kappa shape index (κ2) is 4.72. The lowest BCUT2D eigenvalue weighted by Gasteiger charge is -2.29. The van der Waals surface area contributed by atoms with Crippen LogP contribution >= 0.6 is 0 Å². The predicted molar refractivity (Wildman–Crippen MR) is 60.3 cm³/mol. The Bertz CT molecular complexity index is 283. The van der Waals surface area contributed by atoms with E-state index in [4.69, 9.17) is 14.9 Å². The molecule has 0 amide bonds. The molecule has 1 heterocycles. The second-order valence-electron chi connectivity index (χ2n) is 4.89. The molecule has 5 heteroatoms. The van der Waals surface area contributed by atoms with Gasteiger partial charge in [-0.05, 0) is 33.6 Å². The molecule has 1 aliphatic heterocycles. The van der Waals surface area contributed by atoms with Crippen molar-refractivity contribution in [3.05, 3.63) is 0 Å². The van der Waals surface area contributed by atoms with Gasteiger partial charge in [-0.1, -0.05) is 0 Å². The maximum absolute atomic E-state index is 11.5. The number of nitrogens with zero attached hydrogens (tertiary/aromatic N) is 1. The lowest BCUT2D eigenvalue weighted by Crippen LogP contribution is -2.44. The monoisotopic (exact) mass is 228 g/mol. The van der Waals surface area contributed by atoms with Crippen LogP contribution in [-0.2, 0) is 14.3 Å². The van der Waals surface area contributed by atoms with Crippen molar-refractivity contribution in [1.82, 2.24) is 4.90 Å². The molecule has 92 valence electrons. The van der Waals surface area contributed by atoms with E-state index >= 15 is 0 Å². The maximum atomic E-state index is 11.5. The zero-order valence-electron chi connectivity index (χ0n) is 10.4. The molecule has 5 nitrogen and oxygen atoms in total. The Hall–Kier alpha value is -1.26. The molecule has 0 aromatic carbocycles. The first kappa shape index (κ1) is 12.8. The van der Waals surface area contributed by atoms with E-state index in [1.165, 1.54) is 7.11 Å². The summed E-state index contributed by atoms with van der Waals surface area (Å²) in [6.45, 7) is 6.31. The summed E-state index contributed by atoms with van der Waals surface area (Å²) in [7, 11) is 1.37. The Balaban J connectivity index is 2.65. The third-order valence-corrected chi connectivity index (χ3v) is 2.39. The Morgan fingerprint density at radius 3 is 2.56 bits per heavy atom. The van der Waals surface area contributed by atoms with Crippen LogP contribution in [0.2, 0.25) is 0 Å². The topological polar surface area (TPSA) is 62.6 Å². The summed E-state index contributed by atoms with van der Waals surface area (Å²) in [6.07, 6.45) is 1.61. The summed E-state index contributed by atoms with van der Waals surface area (Å²) in [5.41, 5.74) is -0.416. The van der Waals surface area contributed by atoms with E-state index in [-0.39, 0.29) is 18.0 Å². The van der Waals surface area contributed by atoms with Crippen molar-refractivity contribution in [3.8, 4) is 0 Å². The van der Waals surface area contributed by atoms with Crippen molar-refractivity contribution in [2.24, 2.45) is 0 Å². The third kappa shape index (κ3) is 3.12. The Morgan fingerprint density at radius 2 is 2.06 bits per heavy atom. The largest absolute Gasteiger partial charge is 0.467 e. The first-order valence-corrected chi connectivity index (χ1v) is 5.47. The maximum Gasteiger partial charge on any atom is 0.328 e. The van der Waals surface area contributed by atoms with Crippen LogP contribution in [0.5, 0.6) is 0 Å². The third-order valence-electron chi connectivity index (χ3n) is 2.39. The minimum atomic E-state index is -0.416. The van der Waals surface area contributed by atoms with Crippen LogP contribution in [0.25, 0.3) is 0 Å². The standard InChI is InChI=1S/C11H20N2O3/c1-11(2,3)16-10(12)13-7-5-6-8(13)9(14)15-4/h8,12H,5-7H2,1-4H3/t8-/m0/s1. The Morgan fingerprint density at radius 1 is 1.44 bits per heavy atom. The molecule has 0 aromatic heterocycles. The first-order valence-electron chi connectivity index (χ1n) is 5.47. The molecule has 16 heavy (non-hydrogen) atoms. The summed E-state index contributed by atoms with van der Waals surface area (Å²) in [4.78, 5) is 13.1. The molecule has 0 aromatic rings. The lowest BCUT2D eigenvalue weighted by molar-refractivity contribution is -0.145. The highest BCUT2D eigenvalue weighted by Gasteiger charge is 2.35. The Kier molecular flexibility index (Phi) is 3.78. The molecule has 1 N–H and O–H groups in total. The number of esters is 1. The van der Waals surface area contributed by atoms with Crippen LogP contribution in [0, 0.1) is 5.41 Å². The number of rotatable bonds is 1. The van der Waals surface area contributed by atoms with E-state index < -0.39 is 5.60 Å². The fourth-order valence-corrected chi connectivity index (χ4v) is 1.74. The van der Waals surface area contributed by atoms with E-state index in [9.17, 15) is 4.79 Å². The number of hydrogen-bond acceptors (Lipinski definition) is 4. The molecule has 0 bridgehead atoms. The average Bonchev–Trinajstić information content (AvgIpc) is 2.62. The van der Waals surface area contributed by atoms with Gasteiger partial charge in [0.1, 0.15) is 11.6 Å². The van der Waals surface area contributed by atoms with Gasteiger partial charge in [0, 0.05) is 6.54 Å². The SMILES string of the molecule is COC(=O)[C@@H]1CCCN1C(=N)OC(C)(C)C. The molecule has 0 spiro atoms. The van der Waals surface area contributed by atoms with Gasteiger partial charge in [0.15, 0.2) is 0 Å². The van der Waals surface area contributed by atoms with Crippen molar-refractivity contribution in [3.63, 3.8) is 0 Å². The van der Waals surface area contributed by atoms with E-state index in [1.54, 1.807) is 4.90 Å². The minimum absolute atomic E-state index is 0.0559. The molecule has 1 fully saturated rings. The molecule has 0 aliphatic carbocycles. The summed E-state index contributed by atoms with van der Waals surface area (Å²) in [5.74, 6) is -0.292. The summed E-state index contributed by atoms with van der Waals surface area (Å²) < 4.78 is 10.2. The highest BCUT2D eigenvalue weighted by Crippen LogP contribution is 2.20. The van der Waals surface area contributed by atoms with Crippen LogP contribution in [0.15, 0.2) is 0 Å². The van der Waals surface area contributed by atoms with Crippen molar-refractivity contribution in [2.45, 2.75) is 45.3 Å². The smallest absolute Gasteiger partial charge is 0.328 e. The molecule has 1 atom stereocenters. The predicted octanol–water partition coefficient (Wildman–Crippen LogP) is 1.37. The molecule has 0 saturated carbocycles. The van der Waals surface area contributed by atoms with Crippen molar-refractivity contribution >= 4 is 12.0 Å². The molecular weight excluding hydrogens is 208 g/mol. The number of ether oxygens (including phenoxy) is 2. The van der Waals surface area contributed by atoms with Crippen LogP contribution in [0.1, 0.15) is 33.6 Å². The fraction of sp³-hybridized carbons (Fsp3) is 0.818. The van der Waals surface area contributed by atoms with Crippen LogP contribution in [0.4, 0.5) is 0 Å². The zero-order valence-corrected chi connectivity index (χ0v) is 10.4. The number of amidine groups is 1. The molecule has 1 rings (SSSR count). The normalized spacial score (nSPS) is 20.8. The summed E-state index contributed by atoms with van der Waals surface area (Å²) in [5, 5.41) is 7.84. The lowest BCUT2D eigenvalue weighted by atomic mass is 10.2. The summed E-state index contributed by atoms with van der Waals surface area (Å²) in [6, 6.07) is -0.305. The number of methoxy groups -OCH3 is 1. The quantitative estimate of drug-likeness (QED) is 0.418. The van der Waals surface area contributed by atoms with Gasteiger partial charge < -0.3 is 14.4 Å². The van der Waals surface area contributed by atoms with Gasteiger partial charge in [-0.2, -0.15) is 0 Å². The van der Waals surface area contributed by atoms with Crippen LogP contribution in [0.3, 0.4) is 0 Å². The summed E-state index contributed by atoms with van der Waals surface area (Å²) >= 11 is 0. The van der Waals surface area contributed by atoms with E-state index in [1.807, 2.05) is 20.8 Å². The van der Waals surface area contributed by atoms with E-state index in [0.29, 0.717) is 6.54 Å². The Labute approximate surface area is 96.2 Å². The van der Waals surface area contributed by atoms with Crippen LogP contribution < -0.4 is 0 Å². The van der Waals surface area contributed by atoms with Gasteiger partial charge in [-0.15, -0.1) is 0 Å². The molecular formula is C11H20N2O3. The number of likely N-dealkylation sites (tertiary alicyclic amines) is 1. The van der Waals surface area contributed by atoms with Crippen LogP contribution in [-0.4, -0.2) is 42.2 Å². The van der Waals surface area contributed by atoms with E-state index in [2.05, 4.69) is 0 Å². The van der Waals surface area contributed by atoms with Crippen molar-refractivity contribution in [2.75, 3.05) is 13.7 Å². The van der Waals surface area contributed by atoms with Crippen molar-refractivity contribution in [1.29, 1.82) is 5.41 Å². The van der Waals surface area contributed by atoms with Gasteiger partial charge in [-0.25, -0.2) is 4.79 Å². The van der Waals surface area contributed by atoms with Gasteiger partial charge in [0.2, 0.25) is 0 Å². The number of carbonyl (C=O) groups excluding carboxylic acids is 1. The highest BCUT2D eigenvalue weighted by molar-refractivity contribution is 5.82.